The van der Waals surface area contributed by atoms with Crippen molar-refractivity contribution in [1.29, 1.82) is 0 Å². The third-order valence-corrected chi connectivity index (χ3v) is 3.05. The maximum atomic E-state index is 12.0. The molecule has 0 radical (unpaired) electrons. The van der Waals surface area contributed by atoms with Crippen LogP contribution in [0.3, 0.4) is 0 Å². The number of carbonyl (C=O) groups excluding carboxylic acids is 1. The highest BCUT2D eigenvalue weighted by atomic mass is 35.5. The van der Waals surface area contributed by atoms with Crippen LogP contribution < -0.4 is 16.6 Å². The van der Waals surface area contributed by atoms with Gasteiger partial charge in [-0.25, -0.2) is 4.79 Å². The van der Waals surface area contributed by atoms with Crippen molar-refractivity contribution in [2.24, 2.45) is 15.9 Å². The third kappa shape index (κ3) is 5.84. The second-order valence-corrected chi connectivity index (χ2v) is 5.24. The van der Waals surface area contributed by atoms with Crippen molar-refractivity contribution in [1.82, 2.24) is 5.43 Å². The summed E-state index contributed by atoms with van der Waals surface area (Å²) >= 11 is 10.8. The first-order valence-electron chi connectivity index (χ1n) is 6.72. The Hall–Kier alpha value is -2.19. The number of nitrogens with two attached hydrogens (primary N) is 1. The fourth-order valence-electron chi connectivity index (χ4n) is 1.55. The number of esters is 1. The Morgan fingerprint density at radius 3 is 2.70 bits per heavy atom. The van der Waals surface area contributed by atoms with Gasteiger partial charge in [-0.2, -0.15) is 10.2 Å². The lowest BCUT2D eigenvalue weighted by Crippen LogP contribution is -2.30. The SMILES string of the molecule is CCOC(=O)C(=N\Nc1c(C)cccc1Cl)/C(C)=N/NC(N)=S. The first kappa shape index (κ1) is 18.9. The van der Waals surface area contributed by atoms with Gasteiger partial charge in [0.2, 0.25) is 0 Å². The van der Waals surface area contributed by atoms with E-state index in [-0.39, 0.29) is 23.1 Å². The maximum absolute atomic E-state index is 12.0. The molecular weight excluding hydrogens is 338 g/mol. The van der Waals surface area contributed by atoms with E-state index in [2.05, 4.69) is 33.3 Å². The minimum absolute atomic E-state index is 0.0186. The van der Waals surface area contributed by atoms with Crippen molar-refractivity contribution in [3.8, 4) is 0 Å². The lowest BCUT2D eigenvalue weighted by molar-refractivity contribution is -0.134. The van der Waals surface area contributed by atoms with Crippen LogP contribution in [0.15, 0.2) is 28.4 Å². The third-order valence-electron chi connectivity index (χ3n) is 2.65. The number of ether oxygens (including phenoxy) is 1. The molecule has 1 aromatic rings. The zero-order chi connectivity index (χ0) is 17.4. The van der Waals surface area contributed by atoms with Crippen LogP contribution in [0.4, 0.5) is 5.69 Å². The van der Waals surface area contributed by atoms with Crippen molar-refractivity contribution >= 4 is 52.0 Å². The van der Waals surface area contributed by atoms with Gasteiger partial charge in [-0.15, -0.1) is 0 Å². The van der Waals surface area contributed by atoms with E-state index in [4.69, 9.17) is 22.1 Å². The van der Waals surface area contributed by atoms with Crippen LogP contribution in [0, 0.1) is 6.92 Å². The number of rotatable bonds is 6. The largest absolute Gasteiger partial charge is 0.461 e. The molecule has 0 fully saturated rings. The Morgan fingerprint density at radius 2 is 2.13 bits per heavy atom. The Bertz CT molecular complexity index is 640. The highest BCUT2D eigenvalue weighted by molar-refractivity contribution is 7.80. The molecule has 0 spiro atoms. The number of thiocarbonyl (C=S) groups is 1. The van der Waals surface area contributed by atoms with Crippen molar-refractivity contribution in [2.45, 2.75) is 20.8 Å². The van der Waals surface area contributed by atoms with Gasteiger partial charge < -0.3 is 10.5 Å². The number of aryl methyl sites for hydroxylation is 1. The summed E-state index contributed by atoms with van der Waals surface area (Å²) in [4.78, 5) is 12.0. The number of anilines is 1. The van der Waals surface area contributed by atoms with Gasteiger partial charge in [-0.05, 0) is 44.6 Å². The van der Waals surface area contributed by atoms with Crippen molar-refractivity contribution in [3.63, 3.8) is 0 Å². The second kappa shape index (κ2) is 9.06. The molecule has 124 valence electrons. The van der Waals surface area contributed by atoms with Crippen molar-refractivity contribution in [3.05, 3.63) is 28.8 Å². The molecule has 0 saturated carbocycles. The van der Waals surface area contributed by atoms with Gasteiger partial charge >= 0.3 is 5.97 Å². The van der Waals surface area contributed by atoms with Gasteiger partial charge in [0.15, 0.2) is 10.8 Å². The quantitative estimate of drug-likeness (QED) is 0.313. The standard InChI is InChI=1S/C14H18ClN5O2S/c1-4-22-13(21)12(9(3)17-20-14(16)23)19-18-11-8(2)6-5-7-10(11)15/h5-7,18H,4H2,1-3H3,(H3,16,20,23)/b17-9+,19-12-. The molecular formula is C14H18ClN5O2S. The number of hydrogen-bond donors (Lipinski definition) is 3. The molecule has 4 N–H and O–H groups in total. The average molecular weight is 356 g/mol. The Balaban J connectivity index is 3.11. The van der Waals surface area contributed by atoms with Gasteiger partial charge in [0.1, 0.15) is 0 Å². The Kier molecular flexibility index (Phi) is 7.43. The molecule has 0 aliphatic heterocycles. The minimum Gasteiger partial charge on any atom is -0.461 e. The number of carbonyl (C=O) groups is 1. The zero-order valence-corrected chi connectivity index (χ0v) is 14.6. The molecule has 0 aliphatic carbocycles. The minimum atomic E-state index is -0.629. The van der Waals surface area contributed by atoms with E-state index in [0.29, 0.717) is 10.7 Å². The zero-order valence-electron chi connectivity index (χ0n) is 13.0. The number of nitrogens with one attached hydrogen (secondary N) is 2. The lowest BCUT2D eigenvalue weighted by atomic mass is 10.2. The van der Waals surface area contributed by atoms with E-state index in [9.17, 15) is 4.79 Å². The van der Waals surface area contributed by atoms with E-state index in [1.807, 2.05) is 19.1 Å². The van der Waals surface area contributed by atoms with Crippen LogP contribution in [0.2, 0.25) is 5.02 Å². The highest BCUT2D eigenvalue weighted by Gasteiger charge is 2.17. The maximum Gasteiger partial charge on any atom is 0.360 e. The summed E-state index contributed by atoms with van der Waals surface area (Å²) in [6.45, 7) is 5.34. The van der Waals surface area contributed by atoms with Crippen LogP contribution in [-0.4, -0.2) is 29.1 Å². The van der Waals surface area contributed by atoms with Crippen molar-refractivity contribution in [2.75, 3.05) is 12.0 Å². The van der Waals surface area contributed by atoms with Crippen LogP contribution in [0.1, 0.15) is 19.4 Å². The number of halogens is 1. The van der Waals surface area contributed by atoms with Gasteiger partial charge in [0, 0.05) is 0 Å². The smallest absolute Gasteiger partial charge is 0.360 e. The number of benzene rings is 1. The number of hydrazone groups is 2. The van der Waals surface area contributed by atoms with Crippen LogP contribution in [0.5, 0.6) is 0 Å². The summed E-state index contributed by atoms with van der Waals surface area (Å²) in [7, 11) is 0. The summed E-state index contributed by atoms with van der Waals surface area (Å²) in [5.41, 5.74) is 12.2. The molecule has 0 atom stereocenters. The normalized spacial score (nSPS) is 11.8. The molecule has 0 saturated heterocycles. The first-order valence-corrected chi connectivity index (χ1v) is 7.51. The number of para-hydroxylation sites is 1. The van der Waals surface area contributed by atoms with Gasteiger partial charge in [0.25, 0.3) is 0 Å². The number of nitrogens with zero attached hydrogens (tertiary/aromatic N) is 2. The molecule has 9 heteroatoms. The molecule has 1 rings (SSSR count). The molecule has 0 heterocycles. The van der Waals surface area contributed by atoms with E-state index in [1.165, 1.54) is 0 Å². The Morgan fingerprint density at radius 1 is 1.43 bits per heavy atom. The summed E-state index contributed by atoms with van der Waals surface area (Å²) in [6.07, 6.45) is 0. The second-order valence-electron chi connectivity index (χ2n) is 4.40. The molecule has 1 aromatic carbocycles. The molecule has 0 amide bonds. The van der Waals surface area contributed by atoms with Crippen molar-refractivity contribution < 1.29 is 9.53 Å². The summed E-state index contributed by atoms with van der Waals surface area (Å²) in [5.74, 6) is -0.629. The average Bonchev–Trinajstić information content (AvgIpc) is 2.48. The van der Waals surface area contributed by atoms with E-state index in [0.717, 1.165) is 5.56 Å². The molecule has 0 bridgehead atoms. The predicted molar refractivity (Wildman–Crippen MR) is 96.9 cm³/mol. The van der Waals surface area contributed by atoms with E-state index >= 15 is 0 Å². The summed E-state index contributed by atoms with van der Waals surface area (Å²) in [6, 6.07) is 5.40. The molecule has 0 aromatic heterocycles. The monoisotopic (exact) mass is 355 g/mol. The first-order chi connectivity index (χ1) is 10.9. The topological polar surface area (TPSA) is 101 Å². The number of hydrogen-bond acceptors (Lipinski definition) is 6. The predicted octanol–water partition coefficient (Wildman–Crippen LogP) is 2.19. The molecule has 0 unspecified atom stereocenters. The van der Waals surface area contributed by atoms with Crippen LogP contribution in [-0.2, 0) is 9.53 Å². The molecule has 7 nitrogen and oxygen atoms in total. The fraction of sp³-hybridized carbons (Fsp3) is 0.286. The summed E-state index contributed by atoms with van der Waals surface area (Å²) < 4.78 is 4.97. The van der Waals surface area contributed by atoms with Gasteiger partial charge in [-0.1, -0.05) is 23.7 Å². The molecule has 23 heavy (non-hydrogen) atoms. The molecule has 0 aliphatic rings. The van der Waals surface area contributed by atoms with Gasteiger partial charge in [0.05, 0.1) is 23.0 Å². The van der Waals surface area contributed by atoms with Crippen LogP contribution >= 0.6 is 23.8 Å². The highest BCUT2D eigenvalue weighted by Crippen LogP contribution is 2.25. The Labute approximate surface area is 144 Å². The van der Waals surface area contributed by atoms with Crippen LogP contribution in [0.25, 0.3) is 0 Å². The van der Waals surface area contributed by atoms with E-state index < -0.39 is 5.97 Å². The van der Waals surface area contributed by atoms with Gasteiger partial charge in [-0.3, -0.25) is 10.9 Å². The fourth-order valence-corrected chi connectivity index (χ4v) is 1.86. The van der Waals surface area contributed by atoms with E-state index in [1.54, 1.807) is 19.9 Å². The summed E-state index contributed by atoms with van der Waals surface area (Å²) in [5, 5.41) is 8.40. The lowest BCUT2D eigenvalue weighted by Gasteiger charge is -2.10.